The Morgan fingerprint density at radius 2 is 2.25 bits per heavy atom. The lowest BCUT2D eigenvalue weighted by molar-refractivity contribution is 0.386. The number of nitrogens with zero attached hydrogens (tertiary/aromatic N) is 1. The Kier molecular flexibility index (Phi) is 3.34. The first-order valence-corrected chi connectivity index (χ1v) is 5.77. The summed E-state index contributed by atoms with van der Waals surface area (Å²) in [5.41, 5.74) is 2.67. The number of hydrogen-bond donors (Lipinski definition) is 1. The average molecular weight is 220 g/mol. The summed E-state index contributed by atoms with van der Waals surface area (Å²) in [7, 11) is 5.95. The molecule has 1 aromatic rings. The summed E-state index contributed by atoms with van der Waals surface area (Å²) in [6, 6.07) is 6.33. The van der Waals surface area contributed by atoms with E-state index < -0.39 is 0 Å². The maximum Gasteiger partial charge on any atom is 0.120 e. The number of anilines is 1. The second-order valence-corrected chi connectivity index (χ2v) is 4.62. The van der Waals surface area contributed by atoms with E-state index in [1.807, 2.05) is 0 Å². The molecule has 0 spiro atoms. The molecular formula is C13H20N2O. The summed E-state index contributed by atoms with van der Waals surface area (Å²) in [6.07, 6.45) is 1.21. The highest BCUT2D eigenvalue weighted by molar-refractivity contribution is 5.60. The number of nitrogens with one attached hydrogen (secondary N) is 1. The van der Waals surface area contributed by atoms with Gasteiger partial charge in [-0.15, -0.1) is 0 Å². The van der Waals surface area contributed by atoms with Gasteiger partial charge in [0.2, 0.25) is 0 Å². The van der Waals surface area contributed by atoms with Crippen LogP contribution in [0, 0.1) is 0 Å². The van der Waals surface area contributed by atoms with Crippen LogP contribution in [0.2, 0.25) is 0 Å². The lowest BCUT2D eigenvalue weighted by atomic mass is 9.98. The summed E-state index contributed by atoms with van der Waals surface area (Å²) >= 11 is 0. The lowest BCUT2D eigenvalue weighted by Crippen LogP contribution is -2.16. The number of hydrogen-bond acceptors (Lipinski definition) is 3. The fourth-order valence-corrected chi connectivity index (χ4v) is 2.19. The molecule has 0 saturated heterocycles. The van der Waals surface area contributed by atoms with Crippen LogP contribution >= 0.6 is 0 Å². The molecule has 0 fully saturated rings. The van der Waals surface area contributed by atoms with Crippen LogP contribution in [-0.2, 0) is 0 Å². The van der Waals surface area contributed by atoms with Gasteiger partial charge in [-0.2, -0.15) is 0 Å². The molecule has 1 N–H and O–H groups in total. The van der Waals surface area contributed by atoms with E-state index in [1.165, 1.54) is 17.7 Å². The van der Waals surface area contributed by atoms with E-state index in [0.717, 1.165) is 18.8 Å². The van der Waals surface area contributed by atoms with E-state index in [4.69, 9.17) is 4.74 Å². The zero-order chi connectivity index (χ0) is 11.5. The van der Waals surface area contributed by atoms with Crippen LogP contribution in [0.15, 0.2) is 18.2 Å². The minimum atomic E-state index is 0.642. The van der Waals surface area contributed by atoms with Gasteiger partial charge >= 0.3 is 0 Å². The summed E-state index contributed by atoms with van der Waals surface area (Å²) in [6.45, 7) is 2.19. The van der Waals surface area contributed by atoms with Crippen molar-refractivity contribution >= 4 is 5.69 Å². The molecule has 16 heavy (non-hydrogen) atoms. The fourth-order valence-electron chi connectivity index (χ4n) is 2.19. The molecule has 0 aliphatic carbocycles. The van der Waals surface area contributed by atoms with E-state index in [1.54, 1.807) is 7.11 Å². The Morgan fingerprint density at radius 3 is 2.94 bits per heavy atom. The van der Waals surface area contributed by atoms with Crippen LogP contribution in [-0.4, -0.2) is 39.2 Å². The summed E-state index contributed by atoms with van der Waals surface area (Å²) in [5.74, 6) is 1.57. The van der Waals surface area contributed by atoms with Crippen LogP contribution in [0.3, 0.4) is 0 Å². The topological polar surface area (TPSA) is 24.5 Å². The van der Waals surface area contributed by atoms with Crippen molar-refractivity contribution in [2.75, 3.05) is 39.6 Å². The molecule has 0 unspecified atom stereocenters. The first-order chi connectivity index (χ1) is 7.70. The molecule has 3 heteroatoms. The van der Waals surface area contributed by atoms with Crippen LogP contribution in [0.4, 0.5) is 5.69 Å². The first-order valence-electron chi connectivity index (χ1n) is 5.77. The second kappa shape index (κ2) is 4.74. The number of benzene rings is 1. The Morgan fingerprint density at radius 1 is 1.44 bits per heavy atom. The fraction of sp³-hybridized carbons (Fsp3) is 0.538. The standard InChI is InChI=1S/C13H20N2O/c1-15(2)7-6-10-9-14-13-8-11(16-3)4-5-12(10)13/h4-5,8,10,14H,6-7,9H2,1-3H3/t10-/m1/s1. The molecule has 0 bridgehead atoms. The SMILES string of the molecule is COc1ccc2c(c1)NC[C@H]2CCN(C)C. The Hall–Kier alpha value is -1.22. The van der Waals surface area contributed by atoms with Gasteiger partial charge < -0.3 is 15.0 Å². The van der Waals surface area contributed by atoms with Gasteiger partial charge in [-0.25, -0.2) is 0 Å². The Balaban J connectivity index is 2.08. The molecule has 0 saturated carbocycles. The van der Waals surface area contributed by atoms with E-state index in [9.17, 15) is 0 Å². The molecule has 3 nitrogen and oxygen atoms in total. The number of fused-ring (bicyclic) bond motifs is 1. The molecule has 1 aliphatic heterocycles. The van der Waals surface area contributed by atoms with Crippen molar-refractivity contribution < 1.29 is 4.74 Å². The third kappa shape index (κ3) is 2.30. The third-order valence-corrected chi connectivity index (χ3v) is 3.16. The highest BCUT2D eigenvalue weighted by Gasteiger charge is 2.22. The van der Waals surface area contributed by atoms with E-state index in [0.29, 0.717) is 5.92 Å². The number of rotatable bonds is 4. The minimum absolute atomic E-state index is 0.642. The average Bonchev–Trinajstić information content (AvgIpc) is 2.68. The normalized spacial score (nSPS) is 18.4. The second-order valence-electron chi connectivity index (χ2n) is 4.62. The van der Waals surface area contributed by atoms with Gasteiger partial charge in [-0.3, -0.25) is 0 Å². The van der Waals surface area contributed by atoms with Crippen molar-refractivity contribution in [3.05, 3.63) is 23.8 Å². The van der Waals surface area contributed by atoms with Crippen molar-refractivity contribution in [1.29, 1.82) is 0 Å². The van der Waals surface area contributed by atoms with Gasteiger partial charge in [-0.05, 0) is 38.7 Å². The van der Waals surface area contributed by atoms with E-state index in [-0.39, 0.29) is 0 Å². The van der Waals surface area contributed by atoms with Crippen LogP contribution in [0.1, 0.15) is 17.9 Å². The van der Waals surface area contributed by atoms with Gasteiger partial charge in [-0.1, -0.05) is 6.07 Å². The van der Waals surface area contributed by atoms with Gasteiger partial charge in [0, 0.05) is 24.2 Å². The smallest absolute Gasteiger partial charge is 0.120 e. The maximum absolute atomic E-state index is 5.22. The summed E-state index contributed by atoms with van der Waals surface area (Å²) < 4.78 is 5.22. The van der Waals surface area contributed by atoms with Gasteiger partial charge in [0.25, 0.3) is 0 Å². The summed E-state index contributed by atoms with van der Waals surface area (Å²) in [5, 5.41) is 3.45. The number of methoxy groups -OCH3 is 1. The Bertz CT molecular complexity index is 363. The van der Waals surface area contributed by atoms with Gasteiger partial charge in [0.15, 0.2) is 0 Å². The van der Waals surface area contributed by atoms with E-state index in [2.05, 4.69) is 42.5 Å². The molecule has 0 aromatic heterocycles. The van der Waals surface area contributed by atoms with Crippen molar-refractivity contribution in [3.63, 3.8) is 0 Å². The van der Waals surface area contributed by atoms with Gasteiger partial charge in [0.05, 0.1) is 7.11 Å². The maximum atomic E-state index is 5.22. The molecule has 1 aromatic carbocycles. The summed E-state index contributed by atoms with van der Waals surface area (Å²) in [4.78, 5) is 2.24. The van der Waals surface area contributed by atoms with E-state index >= 15 is 0 Å². The molecule has 1 atom stereocenters. The van der Waals surface area contributed by atoms with Crippen molar-refractivity contribution in [2.45, 2.75) is 12.3 Å². The van der Waals surface area contributed by atoms with Crippen LogP contribution in [0.25, 0.3) is 0 Å². The van der Waals surface area contributed by atoms with Crippen LogP contribution < -0.4 is 10.1 Å². The zero-order valence-corrected chi connectivity index (χ0v) is 10.3. The minimum Gasteiger partial charge on any atom is -0.497 e. The van der Waals surface area contributed by atoms with Crippen LogP contribution in [0.5, 0.6) is 5.75 Å². The highest BCUT2D eigenvalue weighted by Crippen LogP contribution is 2.35. The highest BCUT2D eigenvalue weighted by atomic mass is 16.5. The van der Waals surface area contributed by atoms with Crippen molar-refractivity contribution in [1.82, 2.24) is 4.90 Å². The monoisotopic (exact) mass is 220 g/mol. The zero-order valence-electron chi connectivity index (χ0n) is 10.3. The molecule has 1 aliphatic rings. The Labute approximate surface area is 97.4 Å². The molecule has 0 amide bonds. The molecule has 88 valence electrons. The lowest BCUT2D eigenvalue weighted by Gasteiger charge is -2.14. The molecule has 0 radical (unpaired) electrons. The van der Waals surface area contributed by atoms with Crippen molar-refractivity contribution in [2.24, 2.45) is 0 Å². The molecule has 1 heterocycles. The molecule has 2 rings (SSSR count). The predicted molar refractivity (Wildman–Crippen MR) is 67.4 cm³/mol. The molecular weight excluding hydrogens is 200 g/mol. The first kappa shape index (κ1) is 11.3. The third-order valence-electron chi connectivity index (χ3n) is 3.16. The largest absolute Gasteiger partial charge is 0.497 e. The predicted octanol–water partition coefficient (Wildman–Crippen LogP) is 2.16. The van der Waals surface area contributed by atoms with Gasteiger partial charge in [0.1, 0.15) is 5.75 Å². The number of ether oxygens (including phenoxy) is 1. The van der Waals surface area contributed by atoms with Crippen molar-refractivity contribution in [3.8, 4) is 5.75 Å². The quantitative estimate of drug-likeness (QED) is 0.841.